The van der Waals surface area contributed by atoms with Crippen molar-refractivity contribution >= 4 is 11.8 Å². The Balaban J connectivity index is 1.39. The first-order valence-electron chi connectivity index (χ1n) is 10.1. The van der Waals surface area contributed by atoms with Gasteiger partial charge < -0.3 is 15.0 Å². The smallest absolute Gasteiger partial charge is 0.231 e. The number of nitrogens with one attached hydrogen (secondary N) is 2. The van der Waals surface area contributed by atoms with Gasteiger partial charge in [-0.05, 0) is 19.4 Å². The Bertz CT molecular complexity index is 881. The van der Waals surface area contributed by atoms with Gasteiger partial charge in [0.2, 0.25) is 11.8 Å². The lowest BCUT2D eigenvalue weighted by Crippen LogP contribution is -2.49. The summed E-state index contributed by atoms with van der Waals surface area (Å²) in [6.07, 6.45) is 0.768. The highest BCUT2D eigenvalue weighted by Crippen LogP contribution is 2.41. The van der Waals surface area contributed by atoms with Crippen LogP contribution in [0.25, 0.3) is 0 Å². The first kappa shape index (κ1) is 19.6. The molecule has 2 aliphatic rings. The maximum Gasteiger partial charge on any atom is 0.231 e. The number of hydrogen-bond acceptors (Lipinski definition) is 5. The van der Waals surface area contributed by atoms with Crippen LogP contribution in [0.2, 0.25) is 0 Å². The number of likely N-dealkylation sites (tertiary alicyclic amines) is 1. The van der Waals surface area contributed by atoms with E-state index in [1.165, 1.54) is 0 Å². The van der Waals surface area contributed by atoms with Crippen molar-refractivity contribution in [3.05, 3.63) is 47.5 Å². The molecule has 2 N–H and O–H groups in total. The number of amides is 2. The molecule has 1 aromatic carbocycles. The number of benzene rings is 1. The van der Waals surface area contributed by atoms with Gasteiger partial charge in [-0.15, -0.1) is 0 Å². The number of H-pyrrole nitrogens is 1. The average molecular weight is 397 g/mol. The summed E-state index contributed by atoms with van der Waals surface area (Å²) in [5.74, 6) is 1.18. The van der Waals surface area contributed by atoms with E-state index in [-0.39, 0.29) is 30.2 Å². The zero-order chi connectivity index (χ0) is 20.4. The van der Waals surface area contributed by atoms with Gasteiger partial charge in [-0.3, -0.25) is 14.7 Å². The van der Waals surface area contributed by atoms with Crippen molar-refractivity contribution in [3.8, 4) is 0 Å². The van der Waals surface area contributed by atoms with Crippen LogP contribution in [0.3, 0.4) is 0 Å². The van der Waals surface area contributed by atoms with Crippen LogP contribution in [-0.4, -0.2) is 64.2 Å². The number of fused-ring (bicyclic) bond motifs is 1. The predicted octanol–water partition coefficient (Wildman–Crippen LogP) is 0.938. The topological polar surface area (TPSA) is 100 Å². The van der Waals surface area contributed by atoms with Crippen LogP contribution in [0.5, 0.6) is 0 Å². The third kappa shape index (κ3) is 4.03. The van der Waals surface area contributed by atoms with Crippen molar-refractivity contribution in [2.45, 2.75) is 32.7 Å². The normalized spacial score (nSPS) is 23.4. The fraction of sp³-hybridized carbons (Fsp3) is 0.524. The summed E-state index contributed by atoms with van der Waals surface area (Å²) in [5.41, 5.74) is 0.490. The molecule has 2 atom stereocenters. The van der Waals surface area contributed by atoms with Gasteiger partial charge in [-0.2, -0.15) is 5.10 Å². The number of ether oxygens (including phenoxy) is 1. The molecule has 0 bridgehead atoms. The lowest BCUT2D eigenvalue weighted by molar-refractivity contribution is -0.134. The first-order valence-corrected chi connectivity index (χ1v) is 10.1. The third-order valence-corrected chi connectivity index (χ3v) is 5.70. The summed E-state index contributed by atoms with van der Waals surface area (Å²) in [6, 6.07) is 10.0. The van der Waals surface area contributed by atoms with Gasteiger partial charge >= 0.3 is 0 Å². The monoisotopic (exact) mass is 397 g/mol. The van der Waals surface area contributed by atoms with Crippen molar-refractivity contribution < 1.29 is 14.3 Å². The molecule has 154 valence electrons. The Labute approximate surface area is 170 Å². The summed E-state index contributed by atoms with van der Waals surface area (Å²) in [7, 11) is 0. The molecule has 0 radical (unpaired) electrons. The molecule has 2 aliphatic heterocycles. The Morgan fingerprint density at radius 2 is 2.14 bits per heavy atom. The Hall–Kier alpha value is -2.74. The van der Waals surface area contributed by atoms with E-state index in [4.69, 9.17) is 4.74 Å². The van der Waals surface area contributed by atoms with Crippen LogP contribution in [0.4, 0.5) is 0 Å². The van der Waals surface area contributed by atoms with Gasteiger partial charge in [0, 0.05) is 31.5 Å². The van der Waals surface area contributed by atoms with Gasteiger partial charge in [-0.25, -0.2) is 4.98 Å². The highest BCUT2D eigenvalue weighted by atomic mass is 16.5. The van der Waals surface area contributed by atoms with Crippen molar-refractivity contribution in [3.63, 3.8) is 0 Å². The second-order valence-electron chi connectivity index (χ2n) is 8.31. The quantitative estimate of drug-likeness (QED) is 0.756. The Morgan fingerprint density at radius 1 is 1.34 bits per heavy atom. The lowest BCUT2D eigenvalue weighted by atomic mass is 9.80. The van der Waals surface area contributed by atoms with E-state index in [0.29, 0.717) is 38.5 Å². The fourth-order valence-electron chi connectivity index (χ4n) is 4.18. The molecule has 2 aromatic rings. The summed E-state index contributed by atoms with van der Waals surface area (Å²) in [6.45, 7) is 5.67. The van der Waals surface area contributed by atoms with Crippen LogP contribution in [0.1, 0.15) is 31.1 Å². The minimum absolute atomic E-state index is 0.0201. The van der Waals surface area contributed by atoms with Crippen LogP contribution in [0.15, 0.2) is 30.3 Å². The van der Waals surface area contributed by atoms with E-state index < -0.39 is 5.41 Å². The molecule has 8 nitrogen and oxygen atoms in total. The molecule has 0 spiro atoms. The first-order chi connectivity index (χ1) is 14.0. The second kappa shape index (κ2) is 7.94. The fourth-order valence-corrected chi connectivity index (χ4v) is 4.18. The standard InChI is InChI=1S/C21H27N5O3/c1-14(2)22-20(28)21-12-26(10-16(21)11-29-13-21)19(27)9-18-23-17(24-25-18)8-15-6-4-3-5-7-15/h3-7,14,16H,8-13H2,1-2H3,(H,22,28)(H,23,24,25)/t16-,21-/m0/s1. The summed E-state index contributed by atoms with van der Waals surface area (Å²) >= 11 is 0. The number of rotatable bonds is 6. The lowest BCUT2D eigenvalue weighted by Gasteiger charge is -2.27. The van der Waals surface area contributed by atoms with E-state index in [0.717, 1.165) is 11.4 Å². The van der Waals surface area contributed by atoms with Crippen molar-refractivity contribution in [2.24, 2.45) is 11.3 Å². The molecule has 2 fully saturated rings. The molecule has 2 saturated heterocycles. The van der Waals surface area contributed by atoms with Crippen LogP contribution in [0, 0.1) is 11.3 Å². The van der Waals surface area contributed by atoms with Crippen LogP contribution < -0.4 is 5.32 Å². The summed E-state index contributed by atoms with van der Waals surface area (Å²) < 4.78 is 5.60. The predicted molar refractivity (Wildman–Crippen MR) is 106 cm³/mol. The Morgan fingerprint density at radius 3 is 2.90 bits per heavy atom. The van der Waals surface area contributed by atoms with E-state index in [2.05, 4.69) is 20.5 Å². The number of aromatic nitrogens is 3. The molecule has 0 unspecified atom stereocenters. The molecule has 8 heteroatoms. The highest BCUT2D eigenvalue weighted by molar-refractivity contribution is 5.86. The van der Waals surface area contributed by atoms with Crippen molar-refractivity contribution in [1.82, 2.24) is 25.4 Å². The van der Waals surface area contributed by atoms with Crippen LogP contribution >= 0.6 is 0 Å². The molecule has 0 aliphatic carbocycles. The van der Waals surface area contributed by atoms with Crippen molar-refractivity contribution in [2.75, 3.05) is 26.3 Å². The van der Waals surface area contributed by atoms with Gasteiger partial charge in [0.1, 0.15) is 5.82 Å². The number of aromatic amines is 1. The number of carbonyl (C=O) groups is 2. The maximum absolute atomic E-state index is 12.9. The molecule has 3 heterocycles. The summed E-state index contributed by atoms with van der Waals surface area (Å²) in [5, 5.41) is 10.1. The van der Waals surface area contributed by atoms with E-state index in [1.54, 1.807) is 4.90 Å². The Kier molecular flexibility index (Phi) is 5.36. The zero-order valence-corrected chi connectivity index (χ0v) is 16.9. The SMILES string of the molecule is CC(C)NC(=O)[C@@]12COC[C@@H]1CN(C(=O)Cc1n[nH]c(Cc3ccccc3)n1)C2. The zero-order valence-electron chi connectivity index (χ0n) is 16.9. The molecule has 0 saturated carbocycles. The van der Waals surface area contributed by atoms with Gasteiger partial charge in [0.25, 0.3) is 0 Å². The van der Waals surface area contributed by atoms with E-state index >= 15 is 0 Å². The third-order valence-electron chi connectivity index (χ3n) is 5.70. The maximum atomic E-state index is 12.9. The number of hydrogen-bond donors (Lipinski definition) is 2. The average Bonchev–Trinajstić information content (AvgIpc) is 3.36. The minimum Gasteiger partial charge on any atom is -0.380 e. The largest absolute Gasteiger partial charge is 0.380 e. The van der Waals surface area contributed by atoms with E-state index in [1.807, 2.05) is 44.2 Å². The second-order valence-corrected chi connectivity index (χ2v) is 8.31. The highest BCUT2D eigenvalue weighted by Gasteiger charge is 2.56. The molecular weight excluding hydrogens is 370 g/mol. The number of carbonyl (C=O) groups excluding carboxylic acids is 2. The molecule has 2 amide bonds. The van der Waals surface area contributed by atoms with Gasteiger partial charge in [0.05, 0.1) is 25.0 Å². The van der Waals surface area contributed by atoms with Gasteiger partial charge in [0.15, 0.2) is 5.82 Å². The number of nitrogens with zero attached hydrogens (tertiary/aromatic N) is 3. The van der Waals surface area contributed by atoms with Gasteiger partial charge in [-0.1, -0.05) is 30.3 Å². The molecule has 1 aromatic heterocycles. The minimum atomic E-state index is -0.641. The van der Waals surface area contributed by atoms with E-state index in [9.17, 15) is 9.59 Å². The summed E-state index contributed by atoms with van der Waals surface area (Å²) in [4.78, 5) is 31.9. The van der Waals surface area contributed by atoms with Crippen molar-refractivity contribution in [1.29, 1.82) is 0 Å². The molecular formula is C21H27N5O3. The molecule has 4 rings (SSSR count). The van der Waals surface area contributed by atoms with Crippen LogP contribution in [-0.2, 0) is 27.2 Å². The molecule has 29 heavy (non-hydrogen) atoms.